The summed E-state index contributed by atoms with van der Waals surface area (Å²) in [5.41, 5.74) is 7.85. The quantitative estimate of drug-likeness (QED) is 0.182. The lowest BCUT2D eigenvalue weighted by Crippen LogP contribution is -2.47. The Labute approximate surface area is 280 Å². The van der Waals surface area contributed by atoms with E-state index in [9.17, 15) is 19.5 Å². The SMILES string of the molecule is C[C@H]1CCCCO[C@H](CN(C)C)[C@@H](C)CN([C@@H](C)CO)C(=O)c2cc(NC(=O)CCCCCC(=O)Nc3ccccc3N)ccc2O1. The second-order valence-electron chi connectivity index (χ2n) is 13.0. The van der Waals surface area contributed by atoms with E-state index in [4.69, 9.17) is 15.2 Å². The van der Waals surface area contributed by atoms with Crippen LogP contribution in [0.3, 0.4) is 0 Å². The number of hydrogen-bond donors (Lipinski definition) is 4. The van der Waals surface area contributed by atoms with Crippen LogP contribution >= 0.6 is 0 Å². The van der Waals surface area contributed by atoms with E-state index in [0.717, 1.165) is 25.8 Å². The summed E-state index contributed by atoms with van der Waals surface area (Å²) in [4.78, 5) is 43.1. The maximum Gasteiger partial charge on any atom is 0.258 e. The molecule has 0 bridgehead atoms. The highest BCUT2D eigenvalue weighted by Crippen LogP contribution is 2.29. The van der Waals surface area contributed by atoms with Crippen LogP contribution in [0, 0.1) is 5.92 Å². The van der Waals surface area contributed by atoms with Gasteiger partial charge in [0.2, 0.25) is 11.8 Å². The molecule has 0 fully saturated rings. The molecule has 260 valence electrons. The van der Waals surface area contributed by atoms with Gasteiger partial charge in [0.15, 0.2) is 0 Å². The van der Waals surface area contributed by atoms with Gasteiger partial charge in [-0.25, -0.2) is 0 Å². The van der Waals surface area contributed by atoms with E-state index in [1.54, 1.807) is 35.2 Å². The number of anilines is 3. The number of carbonyl (C=O) groups is 3. The van der Waals surface area contributed by atoms with Gasteiger partial charge in [-0.1, -0.05) is 25.5 Å². The minimum absolute atomic E-state index is 0.00650. The second kappa shape index (κ2) is 19.2. The Kier molecular flexibility index (Phi) is 15.5. The number of nitrogens with one attached hydrogen (secondary N) is 2. The van der Waals surface area contributed by atoms with Gasteiger partial charge in [0.1, 0.15) is 5.75 Å². The molecule has 11 heteroatoms. The molecule has 11 nitrogen and oxygen atoms in total. The third kappa shape index (κ3) is 12.5. The molecule has 0 radical (unpaired) electrons. The third-order valence-corrected chi connectivity index (χ3v) is 8.42. The zero-order valence-electron chi connectivity index (χ0n) is 28.8. The molecule has 0 saturated heterocycles. The largest absolute Gasteiger partial charge is 0.490 e. The molecule has 3 amide bonds. The Morgan fingerprint density at radius 3 is 2.43 bits per heavy atom. The van der Waals surface area contributed by atoms with Crippen LogP contribution in [0.1, 0.15) is 82.5 Å². The number of nitrogens with two attached hydrogens (primary N) is 1. The van der Waals surface area contributed by atoms with E-state index in [-0.39, 0.29) is 48.9 Å². The maximum absolute atomic E-state index is 14.2. The van der Waals surface area contributed by atoms with Crippen molar-refractivity contribution in [1.29, 1.82) is 0 Å². The number of hydrogen-bond acceptors (Lipinski definition) is 8. The van der Waals surface area contributed by atoms with E-state index >= 15 is 0 Å². The van der Waals surface area contributed by atoms with Crippen LogP contribution in [0.5, 0.6) is 5.75 Å². The van der Waals surface area contributed by atoms with Crippen LogP contribution in [0.25, 0.3) is 0 Å². The molecule has 0 aliphatic carbocycles. The maximum atomic E-state index is 14.2. The molecule has 0 saturated carbocycles. The molecule has 1 aliphatic rings. The Morgan fingerprint density at radius 2 is 1.74 bits per heavy atom. The lowest BCUT2D eigenvalue weighted by atomic mass is 10.0. The average Bonchev–Trinajstić information content (AvgIpc) is 3.03. The molecule has 1 heterocycles. The number of nitrogens with zero attached hydrogens (tertiary/aromatic N) is 2. The molecule has 0 aromatic heterocycles. The van der Waals surface area contributed by atoms with Crippen LogP contribution in [-0.4, -0.2) is 91.3 Å². The number of unbranched alkanes of at least 4 members (excludes halogenated alkanes) is 2. The fourth-order valence-electron chi connectivity index (χ4n) is 5.62. The topological polar surface area (TPSA) is 146 Å². The highest BCUT2D eigenvalue weighted by molar-refractivity contribution is 6.00. The first kappa shape index (κ1) is 37.8. The van der Waals surface area contributed by atoms with Crippen molar-refractivity contribution in [2.24, 2.45) is 5.92 Å². The predicted molar refractivity (Wildman–Crippen MR) is 187 cm³/mol. The van der Waals surface area contributed by atoms with Crippen LogP contribution in [0.2, 0.25) is 0 Å². The standard InChI is InChI=1S/C36H55N5O6/c1-25-22-41(26(2)24-42)36(45)29-21-28(18-19-32(29)47-27(3)13-11-12-20-46-33(25)23-40(4)5)38-34(43)16-7-6-8-17-35(44)39-31-15-10-9-14-30(31)37/h9-10,14-15,18-19,21,25-27,33,42H,6-8,11-13,16-17,20,22-24,37H2,1-5H3,(H,38,43)(H,39,44)/t25-,26-,27-,33+/m0/s1. The number of ether oxygens (including phenoxy) is 2. The molecule has 2 aromatic rings. The molecular formula is C36H55N5O6. The first-order chi connectivity index (χ1) is 22.5. The zero-order valence-corrected chi connectivity index (χ0v) is 28.8. The summed E-state index contributed by atoms with van der Waals surface area (Å²) in [6.45, 7) is 7.45. The van der Waals surface area contributed by atoms with Crippen molar-refractivity contribution in [3.8, 4) is 5.75 Å². The lowest BCUT2D eigenvalue weighted by molar-refractivity contribution is -0.116. The summed E-state index contributed by atoms with van der Waals surface area (Å²) in [7, 11) is 4.02. The number of aliphatic hydroxyl groups excluding tert-OH is 1. The van der Waals surface area contributed by atoms with Gasteiger partial charge in [-0.05, 0) is 90.4 Å². The minimum atomic E-state index is -0.437. The van der Waals surface area contributed by atoms with Crippen LogP contribution in [0.4, 0.5) is 17.1 Å². The molecule has 0 spiro atoms. The number of amides is 3. The van der Waals surface area contributed by atoms with E-state index in [1.165, 1.54) is 0 Å². The minimum Gasteiger partial charge on any atom is -0.490 e. The van der Waals surface area contributed by atoms with Gasteiger partial charge in [0.25, 0.3) is 5.91 Å². The van der Waals surface area contributed by atoms with Gasteiger partial charge in [-0.2, -0.15) is 0 Å². The first-order valence-electron chi connectivity index (χ1n) is 16.9. The number of carbonyl (C=O) groups excluding carboxylic acids is 3. The van der Waals surface area contributed by atoms with Gasteiger partial charge >= 0.3 is 0 Å². The first-order valence-corrected chi connectivity index (χ1v) is 16.9. The van der Waals surface area contributed by atoms with Crippen LogP contribution in [-0.2, 0) is 14.3 Å². The van der Waals surface area contributed by atoms with Crippen LogP contribution in [0.15, 0.2) is 42.5 Å². The molecule has 1 aliphatic heterocycles. The Balaban J connectivity index is 1.68. The van der Waals surface area contributed by atoms with Crippen molar-refractivity contribution >= 4 is 34.8 Å². The smallest absolute Gasteiger partial charge is 0.258 e. The van der Waals surface area contributed by atoms with E-state index in [0.29, 0.717) is 67.2 Å². The number of benzene rings is 2. The Bertz CT molecular complexity index is 1300. The van der Waals surface area contributed by atoms with Gasteiger partial charge in [-0.3, -0.25) is 14.4 Å². The van der Waals surface area contributed by atoms with Gasteiger partial charge < -0.3 is 40.7 Å². The summed E-state index contributed by atoms with van der Waals surface area (Å²) in [5.74, 6) is -0.0955. The van der Waals surface area contributed by atoms with Crippen molar-refractivity contribution in [3.05, 3.63) is 48.0 Å². The number of fused-ring (bicyclic) bond motifs is 1. The second-order valence-corrected chi connectivity index (χ2v) is 13.0. The number of para-hydroxylation sites is 2. The Morgan fingerprint density at radius 1 is 1.04 bits per heavy atom. The van der Waals surface area contributed by atoms with Gasteiger partial charge in [-0.15, -0.1) is 0 Å². The summed E-state index contributed by atoms with van der Waals surface area (Å²) >= 11 is 0. The predicted octanol–water partition coefficient (Wildman–Crippen LogP) is 5.15. The van der Waals surface area contributed by atoms with E-state index < -0.39 is 6.04 Å². The van der Waals surface area contributed by atoms with Crippen LogP contribution < -0.4 is 21.1 Å². The monoisotopic (exact) mass is 653 g/mol. The van der Waals surface area contributed by atoms with Gasteiger partial charge in [0, 0.05) is 44.1 Å². The highest BCUT2D eigenvalue weighted by Gasteiger charge is 2.30. The highest BCUT2D eigenvalue weighted by atomic mass is 16.5. The van der Waals surface area contributed by atoms with Crippen molar-refractivity contribution in [2.45, 2.75) is 90.4 Å². The normalized spacial score (nSPS) is 20.1. The molecule has 3 rings (SSSR count). The van der Waals surface area contributed by atoms with Crippen molar-refractivity contribution in [1.82, 2.24) is 9.80 Å². The number of rotatable bonds is 12. The van der Waals surface area contributed by atoms with Crippen molar-refractivity contribution in [2.75, 3.05) is 56.8 Å². The Hall–Kier alpha value is -3.67. The summed E-state index contributed by atoms with van der Waals surface area (Å²) in [6.07, 6.45) is 5.04. The number of aliphatic hydroxyl groups is 1. The molecular weight excluding hydrogens is 598 g/mol. The third-order valence-electron chi connectivity index (χ3n) is 8.42. The van der Waals surface area contributed by atoms with Crippen molar-refractivity contribution in [3.63, 3.8) is 0 Å². The van der Waals surface area contributed by atoms with E-state index in [2.05, 4.69) is 22.5 Å². The fourth-order valence-corrected chi connectivity index (χ4v) is 5.62. The van der Waals surface area contributed by atoms with Crippen molar-refractivity contribution < 1.29 is 29.0 Å². The summed E-state index contributed by atoms with van der Waals surface area (Å²) < 4.78 is 12.6. The van der Waals surface area contributed by atoms with Gasteiger partial charge in [0.05, 0.1) is 41.8 Å². The molecule has 4 atom stereocenters. The molecule has 2 aromatic carbocycles. The molecule has 0 unspecified atom stereocenters. The zero-order chi connectivity index (χ0) is 34.3. The number of nitrogen functional groups attached to an aromatic ring is 1. The van der Waals surface area contributed by atoms with E-state index in [1.807, 2.05) is 40.1 Å². The number of likely N-dealkylation sites (N-methyl/N-ethyl adjacent to an activating group) is 1. The molecule has 5 N–H and O–H groups in total. The fraction of sp³-hybridized carbons (Fsp3) is 0.583. The summed E-state index contributed by atoms with van der Waals surface area (Å²) in [5, 5.41) is 15.9. The lowest BCUT2D eigenvalue weighted by Gasteiger charge is -2.35. The summed E-state index contributed by atoms with van der Waals surface area (Å²) in [6, 6.07) is 11.9. The average molecular weight is 654 g/mol. The molecule has 47 heavy (non-hydrogen) atoms.